The van der Waals surface area contributed by atoms with Gasteiger partial charge in [-0.25, -0.2) is 22.2 Å². The summed E-state index contributed by atoms with van der Waals surface area (Å²) in [5.74, 6) is -0.684. The van der Waals surface area contributed by atoms with E-state index in [9.17, 15) is 22.0 Å². The van der Waals surface area contributed by atoms with E-state index in [1.807, 2.05) is 30.3 Å². The topological polar surface area (TPSA) is 88.2 Å². The van der Waals surface area contributed by atoms with Gasteiger partial charge in [-0.1, -0.05) is 54.1 Å². The first-order valence-electron chi connectivity index (χ1n) is 10.1. The third-order valence-corrected chi connectivity index (χ3v) is 7.05. The van der Waals surface area contributed by atoms with Gasteiger partial charge < -0.3 is 0 Å². The van der Waals surface area contributed by atoms with Crippen LogP contribution in [0, 0.1) is 6.92 Å². The molecule has 0 aliphatic carbocycles. The fourth-order valence-electron chi connectivity index (χ4n) is 3.14. The van der Waals surface area contributed by atoms with Crippen LogP contribution < -0.4 is 10.0 Å². The van der Waals surface area contributed by atoms with E-state index in [1.165, 1.54) is 23.5 Å². The maximum Gasteiger partial charge on any atom is 0.263 e. The molecule has 0 radical (unpaired) electrons. The number of carbonyl (C=O) groups is 1. The van der Waals surface area contributed by atoms with Crippen molar-refractivity contribution in [2.75, 3.05) is 10.0 Å². The summed E-state index contributed by atoms with van der Waals surface area (Å²) in [6.07, 6.45) is -2.84. The number of aryl methyl sites for hydroxylation is 1. The van der Waals surface area contributed by atoms with Crippen molar-refractivity contribution in [2.45, 2.75) is 18.2 Å². The van der Waals surface area contributed by atoms with E-state index in [-0.39, 0.29) is 21.3 Å². The minimum absolute atomic E-state index is 0.0562. The molecule has 4 rings (SSSR count). The van der Waals surface area contributed by atoms with Crippen LogP contribution in [0.2, 0.25) is 0 Å². The minimum Gasteiger partial charge on any atom is -0.298 e. The lowest BCUT2D eigenvalue weighted by molar-refractivity contribution is 0.102. The van der Waals surface area contributed by atoms with E-state index in [0.717, 1.165) is 29.3 Å². The molecule has 0 saturated carbocycles. The summed E-state index contributed by atoms with van der Waals surface area (Å²) in [4.78, 5) is 17.3. The molecule has 2 N–H and O–H groups in total. The molecular weight excluding hydrogens is 480 g/mol. The molecule has 0 aliphatic heterocycles. The number of alkyl halides is 2. The molecule has 0 atom stereocenters. The average molecular weight is 500 g/mol. The first-order valence-corrected chi connectivity index (χ1v) is 12.4. The second-order valence-corrected chi connectivity index (χ2v) is 9.92. The summed E-state index contributed by atoms with van der Waals surface area (Å²) in [6.45, 7) is 1.81. The molecule has 10 heteroatoms. The van der Waals surface area contributed by atoms with Gasteiger partial charge in [0.15, 0.2) is 5.13 Å². The first-order chi connectivity index (χ1) is 16.2. The lowest BCUT2D eigenvalue weighted by Gasteiger charge is -2.14. The van der Waals surface area contributed by atoms with Crippen LogP contribution in [0.15, 0.2) is 83.1 Å². The minimum atomic E-state index is -4.12. The number of carbonyl (C=O) groups excluding carboxylic acids is 1. The van der Waals surface area contributed by atoms with Crippen LogP contribution in [0.25, 0.3) is 11.3 Å². The van der Waals surface area contributed by atoms with Crippen LogP contribution in [-0.4, -0.2) is 19.3 Å². The highest BCUT2D eigenvalue weighted by molar-refractivity contribution is 7.92. The van der Waals surface area contributed by atoms with Crippen molar-refractivity contribution in [2.24, 2.45) is 0 Å². The van der Waals surface area contributed by atoms with Crippen molar-refractivity contribution in [3.8, 4) is 11.3 Å². The average Bonchev–Trinajstić information content (AvgIpc) is 3.28. The zero-order chi connectivity index (χ0) is 24.3. The number of anilines is 2. The van der Waals surface area contributed by atoms with E-state index >= 15 is 0 Å². The van der Waals surface area contributed by atoms with Gasteiger partial charge >= 0.3 is 0 Å². The number of nitrogens with zero attached hydrogens (tertiary/aromatic N) is 1. The van der Waals surface area contributed by atoms with Gasteiger partial charge in [-0.2, -0.15) is 0 Å². The van der Waals surface area contributed by atoms with E-state index in [2.05, 4.69) is 15.0 Å². The smallest absolute Gasteiger partial charge is 0.263 e. The Morgan fingerprint density at radius 1 is 1.00 bits per heavy atom. The zero-order valence-electron chi connectivity index (χ0n) is 17.8. The SMILES string of the molecule is Cc1ccc(S(=O)(=O)Nc2cc(C(F)F)ccc2C(=O)Nc2nc(-c3ccccc3)cs2)cc1. The molecule has 0 unspecified atom stereocenters. The molecule has 1 amide bonds. The van der Waals surface area contributed by atoms with Crippen molar-refractivity contribution in [3.63, 3.8) is 0 Å². The lowest BCUT2D eigenvalue weighted by atomic mass is 10.1. The van der Waals surface area contributed by atoms with E-state index in [1.54, 1.807) is 24.4 Å². The Morgan fingerprint density at radius 3 is 2.38 bits per heavy atom. The Bertz CT molecular complexity index is 1420. The molecule has 0 aliphatic rings. The molecule has 0 saturated heterocycles. The molecule has 0 fully saturated rings. The fourth-order valence-corrected chi connectivity index (χ4v) is 4.92. The number of nitrogens with one attached hydrogen (secondary N) is 2. The largest absolute Gasteiger partial charge is 0.298 e. The summed E-state index contributed by atoms with van der Waals surface area (Å²) in [6, 6.07) is 18.6. The molecule has 4 aromatic rings. The number of halogens is 2. The normalized spacial score (nSPS) is 11.4. The van der Waals surface area contributed by atoms with Gasteiger partial charge in [-0.05, 0) is 31.2 Å². The van der Waals surface area contributed by atoms with Crippen molar-refractivity contribution >= 4 is 38.1 Å². The number of sulfonamides is 1. The van der Waals surface area contributed by atoms with E-state index in [4.69, 9.17) is 0 Å². The van der Waals surface area contributed by atoms with Crippen molar-refractivity contribution < 1.29 is 22.0 Å². The maximum absolute atomic E-state index is 13.3. The third kappa shape index (κ3) is 5.29. The Hall–Kier alpha value is -3.63. The zero-order valence-corrected chi connectivity index (χ0v) is 19.5. The lowest BCUT2D eigenvalue weighted by Crippen LogP contribution is -2.19. The van der Waals surface area contributed by atoms with Crippen LogP contribution in [0.5, 0.6) is 0 Å². The van der Waals surface area contributed by atoms with Gasteiger partial charge in [0.25, 0.3) is 22.4 Å². The quantitative estimate of drug-likeness (QED) is 0.321. The molecular formula is C24H19F2N3O3S2. The highest BCUT2D eigenvalue weighted by Gasteiger charge is 2.22. The van der Waals surface area contributed by atoms with Crippen molar-refractivity contribution in [3.05, 3.63) is 94.9 Å². The third-order valence-electron chi connectivity index (χ3n) is 4.91. The number of hydrogen-bond acceptors (Lipinski definition) is 5. The first kappa shape index (κ1) is 23.5. The molecule has 6 nitrogen and oxygen atoms in total. The summed E-state index contributed by atoms with van der Waals surface area (Å²) in [5, 5.41) is 4.67. The van der Waals surface area contributed by atoms with Crippen LogP contribution in [0.1, 0.15) is 27.9 Å². The van der Waals surface area contributed by atoms with Gasteiger partial charge in [-0.3, -0.25) is 14.8 Å². The molecule has 0 bridgehead atoms. The van der Waals surface area contributed by atoms with E-state index in [0.29, 0.717) is 5.69 Å². The number of amides is 1. The Kier molecular flexibility index (Phi) is 6.71. The Morgan fingerprint density at radius 2 is 1.71 bits per heavy atom. The predicted molar refractivity (Wildman–Crippen MR) is 129 cm³/mol. The highest BCUT2D eigenvalue weighted by atomic mass is 32.2. The standard InChI is InChI=1S/C24H19F2N3O3S2/c1-15-7-10-18(11-8-15)34(31,32)29-20-13-17(22(25)26)9-12-19(20)23(30)28-24-27-21(14-33-24)16-5-3-2-4-6-16/h2-14,22,29H,1H3,(H,27,28,30). The highest BCUT2D eigenvalue weighted by Crippen LogP contribution is 2.29. The van der Waals surface area contributed by atoms with E-state index < -0.39 is 27.9 Å². The number of thiazole rings is 1. The number of rotatable bonds is 7. The number of hydrogen-bond donors (Lipinski definition) is 2. The summed E-state index contributed by atoms with van der Waals surface area (Å²) < 4.78 is 54.6. The van der Waals surface area contributed by atoms with Crippen molar-refractivity contribution in [1.82, 2.24) is 4.98 Å². The summed E-state index contributed by atoms with van der Waals surface area (Å²) in [5.41, 5.74) is 1.60. The summed E-state index contributed by atoms with van der Waals surface area (Å²) in [7, 11) is -4.12. The van der Waals surface area contributed by atoms with Gasteiger partial charge in [0.1, 0.15) is 0 Å². The molecule has 1 heterocycles. The molecule has 1 aromatic heterocycles. The second kappa shape index (κ2) is 9.70. The predicted octanol–water partition coefficient (Wildman–Crippen LogP) is 6.11. The van der Waals surface area contributed by atoms with Crippen LogP contribution >= 0.6 is 11.3 Å². The Balaban J connectivity index is 1.63. The van der Waals surface area contributed by atoms with Gasteiger partial charge in [-0.15, -0.1) is 11.3 Å². The second-order valence-electron chi connectivity index (χ2n) is 7.38. The molecule has 174 valence electrons. The molecule has 0 spiro atoms. The van der Waals surface area contributed by atoms with Gasteiger partial charge in [0.05, 0.1) is 21.8 Å². The molecule has 34 heavy (non-hydrogen) atoms. The van der Waals surface area contributed by atoms with Crippen LogP contribution in [-0.2, 0) is 10.0 Å². The fraction of sp³-hybridized carbons (Fsp3) is 0.0833. The van der Waals surface area contributed by atoms with Crippen LogP contribution in [0.4, 0.5) is 19.6 Å². The monoisotopic (exact) mass is 499 g/mol. The van der Waals surface area contributed by atoms with Crippen molar-refractivity contribution in [1.29, 1.82) is 0 Å². The van der Waals surface area contributed by atoms with Gasteiger partial charge in [0, 0.05) is 16.5 Å². The van der Waals surface area contributed by atoms with Gasteiger partial charge in [0.2, 0.25) is 0 Å². The Labute approximate surface area is 199 Å². The number of aromatic nitrogens is 1. The van der Waals surface area contributed by atoms with Crippen LogP contribution in [0.3, 0.4) is 0 Å². The number of benzene rings is 3. The summed E-state index contributed by atoms with van der Waals surface area (Å²) >= 11 is 1.19. The molecule has 3 aromatic carbocycles. The maximum atomic E-state index is 13.3.